The summed E-state index contributed by atoms with van der Waals surface area (Å²) in [7, 11) is 0. The second kappa shape index (κ2) is 7.32. The second-order valence-electron chi connectivity index (χ2n) is 3.66. The van der Waals surface area contributed by atoms with Crippen molar-refractivity contribution < 1.29 is 23.8 Å². The van der Waals surface area contributed by atoms with E-state index in [-0.39, 0.29) is 13.2 Å². The van der Waals surface area contributed by atoms with Gasteiger partial charge in [-0.05, 0) is 12.1 Å². The van der Waals surface area contributed by atoms with Crippen molar-refractivity contribution in [2.24, 2.45) is 0 Å². The number of rotatable bonds is 6. The van der Waals surface area contributed by atoms with E-state index in [9.17, 15) is 9.59 Å². The summed E-state index contributed by atoms with van der Waals surface area (Å²) >= 11 is 0. The van der Waals surface area contributed by atoms with Gasteiger partial charge in [-0.1, -0.05) is 18.2 Å². The van der Waals surface area contributed by atoms with E-state index in [0.717, 1.165) is 0 Å². The molecular weight excluding hydrogens is 236 g/mol. The van der Waals surface area contributed by atoms with Crippen LogP contribution in [-0.2, 0) is 19.1 Å². The third-order valence-electron chi connectivity index (χ3n) is 1.99. The number of carbonyl (C=O) groups is 2. The van der Waals surface area contributed by atoms with E-state index < -0.39 is 18.0 Å². The van der Waals surface area contributed by atoms with E-state index >= 15 is 0 Å². The molecule has 5 nitrogen and oxygen atoms in total. The predicted molar refractivity (Wildman–Crippen MR) is 64.1 cm³/mol. The maximum atomic E-state index is 10.8. The third-order valence-corrected chi connectivity index (χ3v) is 1.99. The van der Waals surface area contributed by atoms with Crippen molar-refractivity contribution in [2.75, 3.05) is 13.2 Å². The lowest BCUT2D eigenvalue weighted by Gasteiger charge is -2.18. The summed E-state index contributed by atoms with van der Waals surface area (Å²) in [5, 5.41) is 0. The Morgan fingerprint density at radius 2 is 1.50 bits per heavy atom. The van der Waals surface area contributed by atoms with Crippen molar-refractivity contribution in [1.29, 1.82) is 0 Å². The molecule has 1 aromatic rings. The van der Waals surface area contributed by atoms with Crippen LogP contribution in [0.15, 0.2) is 30.3 Å². The highest BCUT2D eigenvalue weighted by molar-refractivity contribution is 5.66. The molecule has 0 aromatic heterocycles. The van der Waals surface area contributed by atoms with Crippen molar-refractivity contribution in [3.63, 3.8) is 0 Å². The van der Waals surface area contributed by atoms with Gasteiger partial charge in [0.15, 0.2) is 6.10 Å². The summed E-state index contributed by atoms with van der Waals surface area (Å²) in [6.07, 6.45) is -0.514. The van der Waals surface area contributed by atoms with E-state index in [1.54, 1.807) is 12.1 Å². The van der Waals surface area contributed by atoms with Crippen LogP contribution in [-0.4, -0.2) is 31.3 Å². The molecule has 0 aliphatic heterocycles. The zero-order valence-electron chi connectivity index (χ0n) is 10.4. The van der Waals surface area contributed by atoms with Crippen LogP contribution in [0, 0.1) is 0 Å². The molecule has 1 rings (SSSR count). The molecule has 0 saturated carbocycles. The van der Waals surface area contributed by atoms with Crippen LogP contribution in [0.3, 0.4) is 0 Å². The van der Waals surface area contributed by atoms with E-state index in [1.807, 2.05) is 18.2 Å². The van der Waals surface area contributed by atoms with Crippen molar-refractivity contribution in [1.82, 2.24) is 0 Å². The van der Waals surface area contributed by atoms with Gasteiger partial charge in [-0.25, -0.2) is 0 Å². The zero-order chi connectivity index (χ0) is 13.4. The molecule has 0 fully saturated rings. The van der Waals surface area contributed by atoms with Gasteiger partial charge in [0.1, 0.15) is 19.0 Å². The lowest BCUT2D eigenvalue weighted by Crippen LogP contribution is -2.30. The molecule has 0 spiro atoms. The Balaban J connectivity index is 2.53. The summed E-state index contributed by atoms with van der Waals surface area (Å²) in [5.41, 5.74) is 0. The Morgan fingerprint density at radius 3 is 1.94 bits per heavy atom. The zero-order valence-corrected chi connectivity index (χ0v) is 10.4. The van der Waals surface area contributed by atoms with Crippen LogP contribution in [0.25, 0.3) is 0 Å². The summed E-state index contributed by atoms with van der Waals surface area (Å²) in [6, 6.07) is 9.05. The third kappa shape index (κ3) is 5.89. The number of esters is 2. The van der Waals surface area contributed by atoms with Gasteiger partial charge >= 0.3 is 11.9 Å². The maximum absolute atomic E-state index is 10.8. The molecule has 18 heavy (non-hydrogen) atoms. The molecule has 0 heterocycles. The van der Waals surface area contributed by atoms with Gasteiger partial charge in [0.25, 0.3) is 0 Å². The average molecular weight is 252 g/mol. The molecule has 0 saturated heterocycles. The Bertz CT molecular complexity index is 370. The molecule has 5 heteroatoms. The molecular formula is C13H16O5. The highest BCUT2D eigenvalue weighted by Gasteiger charge is 2.14. The first-order valence-electron chi connectivity index (χ1n) is 5.56. The lowest BCUT2D eigenvalue weighted by molar-refractivity contribution is -0.148. The van der Waals surface area contributed by atoms with Crippen molar-refractivity contribution in [3.05, 3.63) is 30.3 Å². The number of hydrogen-bond donors (Lipinski definition) is 0. The fourth-order valence-electron chi connectivity index (χ4n) is 1.23. The van der Waals surface area contributed by atoms with Gasteiger partial charge in [-0.3, -0.25) is 9.59 Å². The molecule has 0 aliphatic carbocycles. The SMILES string of the molecule is CC(=O)OCC(COC(C)=O)Oc1ccccc1. The van der Waals surface area contributed by atoms with E-state index in [2.05, 4.69) is 0 Å². The van der Waals surface area contributed by atoms with Crippen LogP contribution >= 0.6 is 0 Å². The van der Waals surface area contributed by atoms with Crippen molar-refractivity contribution in [2.45, 2.75) is 20.0 Å². The largest absolute Gasteiger partial charge is 0.483 e. The molecule has 0 amide bonds. The summed E-state index contributed by atoms with van der Waals surface area (Å²) < 4.78 is 15.3. The predicted octanol–water partition coefficient (Wildman–Crippen LogP) is 1.56. The maximum Gasteiger partial charge on any atom is 0.302 e. The Labute approximate surface area is 106 Å². The first-order chi connectivity index (χ1) is 8.58. The number of ether oxygens (including phenoxy) is 3. The Kier molecular flexibility index (Phi) is 5.70. The van der Waals surface area contributed by atoms with Crippen LogP contribution in [0.4, 0.5) is 0 Å². The number of para-hydroxylation sites is 1. The Hall–Kier alpha value is -2.04. The van der Waals surface area contributed by atoms with Crippen LogP contribution in [0.2, 0.25) is 0 Å². The summed E-state index contributed by atoms with van der Waals surface area (Å²) in [5.74, 6) is -0.180. The van der Waals surface area contributed by atoms with Gasteiger partial charge in [-0.15, -0.1) is 0 Å². The normalized spacial score (nSPS) is 9.94. The molecule has 98 valence electrons. The number of benzene rings is 1. The summed E-state index contributed by atoms with van der Waals surface area (Å²) in [4.78, 5) is 21.5. The first kappa shape index (κ1) is 14.0. The fourth-order valence-corrected chi connectivity index (χ4v) is 1.23. The second-order valence-corrected chi connectivity index (χ2v) is 3.66. The summed E-state index contributed by atoms with van der Waals surface area (Å²) in [6.45, 7) is 2.70. The van der Waals surface area contributed by atoms with E-state index in [1.165, 1.54) is 13.8 Å². The topological polar surface area (TPSA) is 61.8 Å². The minimum Gasteiger partial charge on any atom is -0.483 e. The Morgan fingerprint density at radius 1 is 1.00 bits per heavy atom. The van der Waals surface area contributed by atoms with Crippen LogP contribution in [0.5, 0.6) is 5.75 Å². The quantitative estimate of drug-likeness (QED) is 0.719. The van der Waals surface area contributed by atoms with Crippen molar-refractivity contribution >= 4 is 11.9 Å². The highest BCUT2D eigenvalue weighted by Crippen LogP contribution is 2.11. The molecule has 0 unspecified atom stereocenters. The van der Waals surface area contributed by atoms with Gasteiger partial charge in [0.2, 0.25) is 0 Å². The molecule has 1 aromatic carbocycles. The standard InChI is InChI=1S/C13H16O5/c1-10(14)16-8-13(9-17-11(2)15)18-12-6-4-3-5-7-12/h3-7,13H,8-9H2,1-2H3. The minimum atomic E-state index is -0.514. The molecule has 0 N–H and O–H groups in total. The van der Waals surface area contributed by atoms with E-state index in [0.29, 0.717) is 5.75 Å². The highest BCUT2D eigenvalue weighted by atomic mass is 16.6. The number of carbonyl (C=O) groups excluding carboxylic acids is 2. The van der Waals surface area contributed by atoms with Gasteiger partial charge in [-0.2, -0.15) is 0 Å². The van der Waals surface area contributed by atoms with Crippen molar-refractivity contribution in [3.8, 4) is 5.75 Å². The van der Waals surface area contributed by atoms with Crippen LogP contribution < -0.4 is 4.74 Å². The smallest absolute Gasteiger partial charge is 0.302 e. The average Bonchev–Trinajstić information content (AvgIpc) is 2.33. The molecule has 0 aliphatic rings. The fraction of sp³-hybridized carbons (Fsp3) is 0.385. The van der Waals surface area contributed by atoms with Gasteiger partial charge < -0.3 is 14.2 Å². The molecule has 0 atom stereocenters. The van der Waals surface area contributed by atoms with Crippen LogP contribution in [0.1, 0.15) is 13.8 Å². The van der Waals surface area contributed by atoms with Gasteiger partial charge in [0.05, 0.1) is 0 Å². The minimum absolute atomic E-state index is 0.0392. The number of hydrogen-bond acceptors (Lipinski definition) is 5. The first-order valence-corrected chi connectivity index (χ1v) is 5.56. The van der Waals surface area contributed by atoms with Gasteiger partial charge in [0, 0.05) is 13.8 Å². The monoisotopic (exact) mass is 252 g/mol. The molecule has 0 bridgehead atoms. The lowest BCUT2D eigenvalue weighted by atomic mass is 10.3. The molecule has 0 radical (unpaired) electrons. The van der Waals surface area contributed by atoms with E-state index in [4.69, 9.17) is 14.2 Å².